The van der Waals surface area contributed by atoms with Crippen molar-refractivity contribution in [2.24, 2.45) is 5.92 Å². The summed E-state index contributed by atoms with van der Waals surface area (Å²) in [5.74, 6) is 0.0105. The fraction of sp³-hybridized carbons (Fsp3) is 0.857. The molecule has 0 amide bonds. The van der Waals surface area contributed by atoms with Gasteiger partial charge in [0.1, 0.15) is 6.79 Å². The minimum atomic E-state index is -0.342. The van der Waals surface area contributed by atoms with E-state index in [-0.39, 0.29) is 18.8 Å². The highest BCUT2D eigenvalue weighted by Crippen LogP contribution is 2.14. The van der Waals surface area contributed by atoms with Crippen LogP contribution in [-0.2, 0) is 9.47 Å². The van der Waals surface area contributed by atoms with Crippen LogP contribution in [-0.4, -0.2) is 31.7 Å². The van der Waals surface area contributed by atoms with E-state index >= 15 is 0 Å². The van der Waals surface area contributed by atoms with Gasteiger partial charge in [0.2, 0.25) is 0 Å². The maximum Gasteiger partial charge on any atom is 0.146 e. The van der Waals surface area contributed by atoms with Gasteiger partial charge in [0.05, 0.1) is 12.7 Å². The molecule has 0 rings (SSSR count). The second kappa shape index (κ2) is 12.1. The van der Waals surface area contributed by atoms with E-state index in [4.69, 9.17) is 9.47 Å². The lowest BCUT2D eigenvalue weighted by atomic mass is 9.98. The second-order valence-electron chi connectivity index (χ2n) is 4.45. The van der Waals surface area contributed by atoms with Crippen LogP contribution in [0.4, 0.5) is 0 Å². The van der Waals surface area contributed by atoms with Crippen LogP contribution < -0.4 is 0 Å². The van der Waals surface area contributed by atoms with Crippen molar-refractivity contribution in [1.82, 2.24) is 0 Å². The van der Waals surface area contributed by atoms with E-state index in [1.165, 1.54) is 25.7 Å². The highest BCUT2D eigenvalue weighted by Gasteiger charge is 2.15. The number of rotatable bonds is 12. The summed E-state index contributed by atoms with van der Waals surface area (Å²) < 4.78 is 10.1. The summed E-state index contributed by atoms with van der Waals surface area (Å²) in [6, 6.07) is 0. The van der Waals surface area contributed by atoms with Gasteiger partial charge in [0.15, 0.2) is 0 Å². The van der Waals surface area contributed by atoms with E-state index < -0.39 is 0 Å². The largest absolute Gasteiger partial charge is 0.392 e. The molecule has 0 aliphatic heterocycles. The van der Waals surface area contributed by atoms with Crippen molar-refractivity contribution in [1.29, 1.82) is 0 Å². The summed E-state index contributed by atoms with van der Waals surface area (Å²) in [5, 5.41) is 9.97. The predicted octanol–water partition coefficient (Wildman–Crippen LogP) is 3.13. The Labute approximate surface area is 106 Å². The number of hydrogen-bond acceptors (Lipinski definition) is 3. The van der Waals surface area contributed by atoms with Gasteiger partial charge in [-0.3, -0.25) is 0 Å². The molecule has 102 valence electrons. The van der Waals surface area contributed by atoms with Gasteiger partial charge in [0, 0.05) is 13.0 Å². The highest BCUT2D eigenvalue weighted by atomic mass is 16.7. The highest BCUT2D eigenvalue weighted by molar-refractivity contribution is 4.84. The summed E-state index contributed by atoms with van der Waals surface area (Å²) in [7, 11) is 1.59. The first-order chi connectivity index (χ1) is 8.26. The molecule has 0 spiro atoms. The zero-order valence-electron chi connectivity index (χ0n) is 11.4. The van der Waals surface area contributed by atoms with Crippen molar-refractivity contribution in [3.63, 3.8) is 0 Å². The van der Waals surface area contributed by atoms with Crippen molar-refractivity contribution in [2.45, 2.75) is 51.6 Å². The maximum absolute atomic E-state index is 9.97. The average Bonchev–Trinajstić information content (AvgIpc) is 2.34. The van der Waals surface area contributed by atoms with Crippen molar-refractivity contribution in [3.05, 3.63) is 12.7 Å². The molecule has 0 aliphatic carbocycles. The number of unbranched alkanes of at least 4 members (excludes halogenated alkanes) is 4. The van der Waals surface area contributed by atoms with E-state index in [0.29, 0.717) is 6.61 Å². The Hall–Kier alpha value is -0.380. The number of methoxy groups -OCH3 is 1. The van der Waals surface area contributed by atoms with Crippen LogP contribution in [0.25, 0.3) is 0 Å². The molecule has 0 aromatic rings. The van der Waals surface area contributed by atoms with Crippen molar-refractivity contribution in [2.75, 3.05) is 20.5 Å². The average molecular weight is 244 g/mol. The molecule has 0 radical (unpaired) electrons. The third kappa shape index (κ3) is 9.33. The molecule has 17 heavy (non-hydrogen) atoms. The molecule has 2 atom stereocenters. The summed E-state index contributed by atoms with van der Waals surface area (Å²) in [6.45, 7) is 6.69. The van der Waals surface area contributed by atoms with Gasteiger partial charge in [-0.25, -0.2) is 0 Å². The quantitative estimate of drug-likeness (QED) is 0.326. The lowest BCUT2D eigenvalue weighted by Gasteiger charge is -2.19. The fourth-order valence-corrected chi connectivity index (χ4v) is 1.77. The molecular weight excluding hydrogens is 216 g/mol. The molecule has 0 saturated heterocycles. The molecule has 0 heterocycles. The van der Waals surface area contributed by atoms with Gasteiger partial charge in [-0.05, 0) is 6.42 Å². The topological polar surface area (TPSA) is 38.7 Å². The third-order valence-electron chi connectivity index (χ3n) is 2.91. The maximum atomic E-state index is 9.97. The monoisotopic (exact) mass is 244 g/mol. The second-order valence-corrected chi connectivity index (χ2v) is 4.45. The summed E-state index contributed by atoms with van der Waals surface area (Å²) in [4.78, 5) is 0. The van der Waals surface area contributed by atoms with E-state index in [1.807, 2.05) is 0 Å². The van der Waals surface area contributed by atoms with Crippen molar-refractivity contribution >= 4 is 0 Å². The SMILES string of the molecule is C=C[C@@H](COCOC)[C@H](O)CCCCCCC. The first-order valence-corrected chi connectivity index (χ1v) is 6.63. The predicted molar refractivity (Wildman–Crippen MR) is 70.9 cm³/mol. The van der Waals surface area contributed by atoms with E-state index in [0.717, 1.165) is 12.8 Å². The molecular formula is C14H28O3. The van der Waals surface area contributed by atoms with Gasteiger partial charge >= 0.3 is 0 Å². The summed E-state index contributed by atoms with van der Waals surface area (Å²) in [6.07, 6.45) is 8.35. The molecule has 0 unspecified atom stereocenters. The molecule has 3 nitrogen and oxygen atoms in total. The zero-order chi connectivity index (χ0) is 12.9. The minimum absolute atomic E-state index is 0.0105. The molecule has 0 aromatic carbocycles. The minimum Gasteiger partial charge on any atom is -0.392 e. The molecule has 0 bridgehead atoms. The van der Waals surface area contributed by atoms with Crippen molar-refractivity contribution < 1.29 is 14.6 Å². The molecule has 0 saturated carbocycles. The lowest BCUT2D eigenvalue weighted by Crippen LogP contribution is -2.23. The number of aliphatic hydroxyl groups excluding tert-OH is 1. The Kier molecular flexibility index (Phi) is 11.8. The Morgan fingerprint density at radius 2 is 1.94 bits per heavy atom. The van der Waals surface area contributed by atoms with Crippen LogP contribution in [0.2, 0.25) is 0 Å². The van der Waals surface area contributed by atoms with Crippen LogP contribution in [0.1, 0.15) is 45.4 Å². The fourth-order valence-electron chi connectivity index (χ4n) is 1.77. The van der Waals surface area contributed by atoms with Gasteiger partial charge in [-0.1, -0.05) is 45.1 Å². The van der Waals surface area contributed by atoms with E-state index in [1.54, 1.807) is 13.2 Å². The Balaban J connectivity index is 3.60. The third-order valence-corrected chi connectivity index (χ3v) is 2.91. The smallest absolute Gasteiger partial charge is 0.146 e. The van der Waals surface area contributed by atoms with Gasteiger partial charge in [-0.15, -0.1) is 6.58 Å². The summed E-state index contributed by atoms with van der Waals surface area (Å²) >= 11 is 0. The van der Waals surface area contributed by atoms with Crippen LogP contribution in [0.5, 0.6) is 0 Å². The Morgan fingerprint density at radius 1 is 1.24 bits per heavy atom. The standard InChI is InChI=1S/C14H28O3/c1-4-6-7-8-9-10-14(15)13(5-2)11-17-12-16-3/h5,13-15H,2,4,6-12H2,1,3H3/t13-,14+/m0/s1. The molecule has 0 fully saturated rings. The normalized spacial score (nSPS) is 14.5. The number of ether oxygens (including phenoxy) is 2. The Bertz CT molecular complexity index is 171. The molecule has 3 heteroatoms. The van der Waals surface area contributed by atoms with E-state index in [2.05, 4.69) is 13.5 Å². The summed E-state index contributed by atoms with van der Waals surface area (Å²) in [5.41, 5.74) is 0. The van der Waals surface area contributed by atoms with Crippen LogP contribution in [0.15, 0.2) is 12.7 Å². The zero-order valence-corrected chi connectivity index (χ0v) is 11.4. The van der Waals surface area contributed by atoms with Gasteiger partial charge in [-0.2, -0.15) is 0 Å². The van der Waals surface area contributed by atoms with Crippen LogP contribution in [0.3, 0.4) is 0 Å². The number of hydrogen-bond donors (Lipinski definition) is 1. The van der Waals surface area contributed by atoms with Crippen LogP contribution in [0, 0.1) is 5.92 Å². The molecule has 0 aromatic heterocycles. The van der Waals surface area contributed by atoms with Crippen LogP contribution >= 0.6 is 0 Å². The lowest BCUT2D eigenvalue weighted by molar-refractivity contribution is -0.0533. The van der Waals surface area contributed by atoms with E-state index in [9.17, 15) is 5.11 Å². The van der Waals surface area contributed by atoms with Gasteiger partial charge < -0.3 is 14.6 Å². The first kappa shape index (κ1) is 16.6. The Morgan fingerprint density at radius 3 is 2.53 bits per heavy atom. The van der Waals surface area contributed by atoms with Gasteiger partial charge in [0.25, 0.3) is 0 Å². The molecule has 0 aliphatic rings. The molecule has 1 N–H and O–H groups in total. The van der Waals surface area contributed by atoms with Crippen molar-refractivity contribution in [3.8, 4) is 0 Å². The number of aliphatic hydroxyl groups is 1. The first-order valence-electron chi connectivity index (χ1n) is 6.63.